The molecule has 0 unspecified atom stereocenters. The Morgan fingerprint density at radius 2 is 1.71 bits per heavy atom. The summed E-state index contributed by atoms with van der Waals surface area (Å²) in [5.74, 6) is -0.0861. The highest BCUT2D eigenvalue weighted by molar-refractivity contribution is 9.10. The van der Waals surface area contributed by atoms with Crippen LogP contribution in [0.15, 0.2) is 88.2 Å². The molecule has 1 N–H and O–H groups in total. The van der Waals surface area contributed by atoms with Crippen molar-refractivity contribution in [2.45, 2.75) is 62.6 Å². The molecule has 3 aromatic rings. The largest absolute Gasteiger partial charge is 0.497 e. The number of benzene rings is 3. The fourth-order valence-corrected chi connectivity index (χ4v) is 6.95. The fourth-order valence-electron chi connectivity index (χ4n) is 5.13. The van der Waals surface area contributed by atoms with Crippen LogP contribution < -0.4 is 14.4 Å². The first-order valence-electron chi connectivity index (χ1n) is 13.8. The quantitative estimate of drug-likeness (QED) is 0.281. The summed E-state index contributed by atoms with van der Waals surface area (Å²) in [6.07, 6.45) is 4.33. The van der Waals surface area contributed by atoms with E-state index in [9.17, 15) is 18.0 Å². The van der Waals surface area contributed by atoms with Gasteiger partial charge in [-0.1, -0.05) is 72.1 Å². The second-order valence-corrected chi connectivity index (χ2v) is 12.9. The zero-order valence-corrected chi connectivity index (χ0v) is 25.7. The molecule has 3 aromatic carbocycles. The lowest BCUT2D eigenvalue weighted by Crippen LogP contribution is -2.53. The third kappa shape index (κ3) is 7.68. The second-order valence-electron chi connectivity index (χ2n) is 10.1. The number of carbonyl (C=O) groups is 2. The number of anilines is 1. The summed E-state index contributed by atoms with van der Waals surface area (Å²) < 4.78 is 34.9. The molecule has 1 aliphatic rings. The molecule has 1 fully saturated rings. The second kappa shape index (κ2) is 14.0. The molecule has 0 radical (unpaired) electrons. The summed E-state index contributed by atoms with van der Waals surface area (Å²) in [5.41, 5.74) is 1.10. The molecule has 4 rings (SSSR count). The highest BCUT2D eigenvalue weighted by Gasteiger charge is 2.34. The van der Waals surface area contributed by atoms with Crippen molar-refractivity contribution in [2.24, 2.45) is 0 Å². The van der Waals surface area contributed by atoms with Crippen molar-refractivity contribution < 1.29 is 22.7 Å². The van der Waals surface area contributed by atoms with E-state index in [-0.39, 0.29) is 23.4 Å². The number of hydrogen-bond donors (Lipinski definition) is 1. The van der Waals surface area contributed by atoms with Crippen LogP contribution in [0.3, 0.4) is 0 Å². The van der Waals surface area contributed by atoms with E-state index in [0.29, 0.717) is 22.3 Å². The average Bonchev–Trinajstić information content (AvgIpc) is 3.49. The van der Waals surface area contributed by atoms with Gasteiger partial charge in [0.25, 0.3) is 10.0 Å². The minimum absolute atomic E-state index is 0.0677. The summed E-state index contributed by atoms with van der Waals surface area (Å²) in [6, 6.07) is 21.4. The lowest BCUT2D eigenvalue weighted by molar-refractivity contribution is -0.140. The van der Waals surface area contributed by atoms with Gasteiger partial charge in [0.2, 0.25) is 11.8 Å². The lowest BCUT2D eigenvalue weighted by Gasteiger charge is -2.34. The van der Waals surface area contributed by atoms with E-state index in [0.717, 1.165) is 35.6 Å². The molecule has 8 nitrogen and oxygen atoms in total. The van der Waals surface area contributed by atoms with E-state index in [1.54, 1.807) is 55.6 Å². The first-order chi connectivity index (χ1) is 19.7. The molecular formula is C31H36BrN3O5S. The Bertz CT molecular complexity index is 1440. The van der Waals surface area contributed by atoms with Crippen molar-refractivity contribution in [3.63, 3.8) is 0 Å². The van der Waals surface area contributed by atoms with Crippen LogP contribution in [0.1, 0.15) is 44.6 Å². The number of nitrogens with zero attached hydrogens (tertiary/aromatic N) is 2. The maximum atomic E-state index is 14.2. The van der Waals surface area contributed by atoms with Gasteiger partial charge in [0.1, 0.15) is 18.3 Å². The van der Waals surface area contributed by atoms with Gasteiger partial charge in [-0.05, 0) is 67.3 Å². The Morgan fingerprint density at radius 1 is 1.00 bits per heavy atom. The van der Waals surface area contributed by atoms with Crippen molar-refractivity contribution in [3.8, 4) is 5.75 Å². The molecule has 1 atom stereocenters. The SMILES string of the molecule is CC[C@H](C(=O)NC1CCCC1)N(Cc1cccc(OC)c1)C(=O)CN(c1cccc(Br)c1)S(=O)(=O)c1ccccc1. The summed E-state index contributed by atoms with van der Waals surface area (Å²) in [6.45, 7) is 1.49. The molecule has 0 bridgehead atoms. The Morgan fingerprint density at radius 3 is 2.37 bits per heavy atom. The van der Waals surface area contributed by atoms with E-state index in [1.807, 2.05) is 25.1 Å². The molecule has 1 saturated carbocycles. The van der Waals surface area contributed by atoms with E-state index in [1.165, 1.54) is 17.0 Å². The molecule has 1 aliphatic carbocycles. The van der Waals surface area contributed by atoms with Crippen molar-refractivity contribution in [2.75, 3.05) is 18.0 Å². The monoisotopic (exact) mass is 641 g/mol. The number of methoxy groups -OCH3 is 1. The number of rotatable bonds is 12. The zero-order chi connectivity index (χ0) is 29.4. The zero-order valence-electron chi connectivity index (χ0n) is 23.3. The van der Waals surface area contributed by atoms with Gasteiger partial charge in [0, 0.05) is 17.1 Å². The summed E-state index contributed by atoms with van der Waals surface area (Å²) in [4.78, 5) is 29.3. The van der Waals surface area contributed by atoms with Crippen LogP contribution in [0.25, 0.3) is 0 Å². The Balaban J connectivity index is 1.71. The molecule has 0 heterocycles. The van der Waals surface area contributed by atoms with E-state index >= 15 is 0 Å². The minimum atomic E-state index is -4.11. The van der Waals surface area contributed by atoms with Crippen LogP contribution in [0.5, 0.6) is 5.75 Å². The average molecular weight is 643 g/mol. The predicted octanol–water partition coefficient (Wildman–Crippen LogP) is 5.52. The normalized spacial score (nSPS) is 14.3. The number of nitrogens with one attached hydrogen (secondary N) is 1. The predicted molar refractivity (Wildman–Crippen MR) is 163 cm³/mol. The molecule has 41 heavy (non-hydrogen) atoms. The maximum Gasteiger partial charge on any atom is 0.264 e. The van der Waals surface area contributed by atoms with Crippen LogP contribution in [0.2, 0.25) is 0 Å². The summed E-state index contributed by atoms with van der Waals surface area (Å²) in [5, 5.41) is 3.13. The highest BCUT2D eigenvalue weighted by atomic mass is 79.9. The molecule has 10 heteroatoms. The van der Waals surface area contributed by atoms with Gasteiger partial charge >= 0.3 is 0 Å². The standard InChI is InChI=1S/C31H36BrN3O5S/c1-3-29(31(37)33-25-13-7-8-14-25)34(21-23-11-9-16-27(19-23)40-2)30(36)22-35(26-15-10-12-24(32)20-26)41(38,39)28-17-5-4-6-18-28/h4-6,9-12,15-20,25,29H,3,7-8,13-14,21-22H2,1-2H3,(H,33,37)/t29-/m1/s1. The van der Waals surface area contributed by atoms with Crippen LogP contribution in [0.4, 0.5) is 5.69 Å². The van der Waals surface area contributed by atoms with E-state index in [4.69, 9.17) is 4.74 Å². The van der Waals surface area contributed by atoms with Crippen molar-refractivity contribution in [1.29, 1.82) is 0 Å². The van der Waals surface area contributed by atoms with Gasteiger partial charge in [0.05, 0.1) is 17.7 Å². The van der Waals surface area contributed by atoms with Crippen molar-refractivity contribution in [3.05, 3.63) is 88.9 Å². The van der Waals surface area contributed by atoms with Crippen molar-refractivity contribution in [1.82, 2.24) is 10.2 Å². The molecule has 218 valence electrons. The maximum absolute atomic E-state index is 14.2. The van der Waals surface area contributed by atoms with E-state index < -0.39 is 28.5 Å². The highest BCUT2D eigenvalue weighted by Crippen LogP contribution is 2.27. The van der Waals surface area contributed by atoms with Crippen LogP contribution in [-0.4, -0.2) is 50.9 Å². The fraction of sp³-hybridized carbons (Fsp3) is 0.355. The number of amides is 2. The number of halogens is 1. The molecular weight excluding hydrogens is 606 g/mol. The number of ether oxygens (including phenoxy) is 1. The minimum Gasteiger partial charge on any atom is -0.497 e. The smallest absolute Gasteiger partial charge is 0.264 e. The third-order valence-corrected chi connectivity index (χ3v) is 9.56. The molecule has 0 aromatic heterocycles. The molecule has 0 aliphatic heterocycles. The van der Waals surface area contributed by atoms with Crippen molar-refractivity contribution >= 4 is 43.5 Å². The molecule has 0 saturated heterocycles. The van der Waals surface area contributed by atoms with Gasteiger partial charge in [-0.3, -0.25) is 13.9 Å². The van der Waals surface area contributed by atoms with Crippen LogP contribution in [0, 0.1) is 0 Å². The first kappa shape index (κ1) is 30.6. The molecule has 0 spiro atoms. The summed E-state index contributed by atoms with van der Waals surface area (Å²) >= 11 is 3.42. The van der Waals surface area contributed by atoms with Crippen LogP contribution in [-0.2, 0) is 26.2 Å². The topological polar surface area (TPSA) is 96.0 Å². The van der Waals surface area contributed by atoms with Gasteiger partial charge in [0.15, 0.2) is 0 Å². The van der Waals surface area contributed by atoms with Gasteiger partial charge < -0.3 is 15.0 Å². The van der Waals surface area contributed by atoms with Crippen LogP contribution >= 0.6 is 15.9 Å². The van der Waals surface area contributed by atoms with E-state index in [2.05, 4.69) is 21.2 Å². The third-order valence-electron chi connectivity index (χ3n) is 7.28. The number of hydrogen-bond acceptors (Lipinski definition) is 5. The molecule has 2 amide bonds. The number of carbonyl (C=O) groups excluding carboxylic acids is 2. The number of sulfonamides is 1. The van der Waals surface area contributed by atoms with Gasteiger partial charge in [-0.2, -0.15) is 0 Å². The Kier molecular flexibility index (Phi) is 10.4. The van der Waals surface area contributed by atoms with Gasteiger partial charge in [-0.15, -0.1) is 0 Å². The lowest BCUT2D eigenvalue weighted by atomic mass is 10.1. The Hall–Kier alpha value is -3.37. The first-order valence-corrected chi connectivity index (χ1v) is 16.0. The van der Waals surface area contributed by atoms with Gasteiger partial charge in [-0.25, -0.2) is 8.42 Å². The summed E-state index contributed by atoms with van der Waals surface area (Å²) in [7, 11) is -2.54. The Labute approximate surface area is 250 Å².